The van der Waals surface area contributed by atoms with E-state index in [1.165, 1.54) is 32.8 Å². The van der Waals surface area contributed by atoms with Gasteiger partial charge in [0.15, 0.2) is 0 Å². The number of pyridine rings is 2. The van der Waals surface area contributed by atoms with Gasteiger partial charge in [-0.25, -0.2) is 0 Å². The topological polar surface area (TPSA) is 25.8 Å². The van der Waals surface area contributed by atoms with Crippen molar-refractivity contribution >= 4 is 21.7 Å². The Hall–Kier alpha value is -2.74. The van der Waals surface area contributed by atoms with Crippen LogP contribution in [0.2, 0.25) is 0 Å². The minimum Gasteiger partial charge on any atom is -0.264 e. The van der Waals surface area contributed by atoms with Crippen LogP contribution in [0.4, 0.5) is 0 Å². The van der Waals surface area contributed by atoms with Crippen LogP contribution >= 0.6 is 0 Å². The summed E-state index contributed by atoms with van der Waals surface area (Å²) in [5.41, 5.74) is 5.09. The molecular weight excluding hydrogens is 316 g/mol. The standard InChI is InChI=1S/C24H24N2/c1-16(2)19-6-7-24-23(12-19)11-18(14-26-24)10-17(3)20-4-5-22-15-25-9-8-21(22)13-20/h4-9,11-17H,10H2,1-3H3. The van der Waals surface area contributed by atoms with Crippen LogP contribution < -0.4 is 0 Å². The van der Waals surface area contributed by atoms with Gasteiger partial charge < -0.3 is 0 Å². The van der Waals surface area contributed by atoms with Gasteiger partial charge in [-0.2, -0.15) is 0 Å². The molecule has 0 fully saturated rings. The first-order chi connectivity index (χ1) is 12.6. The van der Waals surface area contributed by atoms with Crippen molar-refractivity contribution < 1.29 is 0 Å². The maximum Gasteiger partial charge on any atom is 0.0702 e. The van der Waals surface area contributed by atoms with E-state index >= 15 is 0 Å². The van der Waals surface area contributed by atoms with Crippen molar-refractivity contribution in [3.63, 3.8) is 0 Å². The van der Waals surface area contributed by atoms with Crippen LogP contribution in [-0.2, 0) is 6.42 Å². The minimum atomic E-state index is 0.445. The highest BCUT2D eigenvalue weighted by molar-refractivity contribution is 5.82. The normalized spacial score (nSPS) is 12.8. The Balaban J connectivity index is 1.62. The van der Waals surface area contributed by atoms with Crippen molar-refractivity contribution in [3.05, 3.63) is 83.8 Å². The molecule has 0 aliphatic rings. The third-order valence-electron chi connectivity index (χ3n) is 5.20. The second-order valence-corrected chi connectivity index (χ2v) is 7.54. The van der Waals surface area contributed by atoms with Crippen LogP contribution in [0.25, 0.3) is 21.7 Å². The van der Waals surface area contributed by atoms with Crippen molar-refractivity contribution in [3.8, 4) is 0 Å². The Morgan fingerprint density at radius 1 is 0.769 bits per heavy atom. The zero-order valence-corrected chi connectivity index (χ0v) is 15.6. The van der Waals surface area contributed by atoms with Gasteiger partial charge in [0.1, 0.15) is 0 Å². The highest BCUT2D eigenvalue weighted by Crippen LogP contribution is 2.26. The van der Waals surface area contributed by atoms with Crippen molar-refractivity contribution in [1.82, 2.24) is 9.97 Å². The van der Waals surface area contributed by atoms with Gasteiger partial charge in [-0.3, -0.25) is 9.97 Å². The molecule has 0 N–H and O–H groups in total. The summed E-state index contributed by atoms with van der Waals surface area (Å²) in [7, 11) is 0. The van der Waals surface area contributed by atoms with Gasteiger partial charge in [0.2, 0.25) is 0 Å². The lowest BCUT2D eigenvalue weighted by Gasteiger charge is -2.14. The fraction of sp³-hybridized carbons (Fsp3) is 0.250. The molecule has 2 aromatic carbocycles. The van der Waals surface area contributed by atoms with E-state index in [9.17, 15) is 0 Å². The third kappa shape index (κ3) is 3.32. The van der Waals surface area contributed by atoms with Gasteiger partial charge in [0, 0.05) is 29.4 Å². The van der Waals surface area contributed by atoms with Crippen LogP contribution in [0.3, 0.4) is 0 Å². The molecule has 4 aromatic rings. The molecule has 1 unspecified atom stereocenters. The third-order valence-corrected chi connectivity index (χ3v) is 5.20. The van der Waals surface area contributed by atoms with E-state index in [0.29, 0.717) is 11.8 Å². The lowest BCUT2D eigenvalue weighted by molar-refractivity contribution is 0.759. The maximum absolute atomic E-state index is 4.67. The van der Waals surface area contributed by atoms with Crippen molar-refractivity contribution in [2.24, 2.45) is 0 Å². The molecule has 0 aliphatic heterocycles. The number of aromatic nitrogens is 2. The molecule has 0 spiro atoms. The first kappa shape index (κ1) is 16.7. The molecule has 130 valence electrons. The fourth-order valence-corrected chi connectivity index (χ4v) is 3.55. The van der Waals surface area contributed by atoms with E-state index in [1.54, 1.807) is 0 Å². The minimum absolute atomic E-state index is 0.445. The number of rotatable bonds is 4. The highest BCUT2D eigenvalue weighted by Gasteiger charge is 2.09. The second-order valence-electron chi connectivity index (χ2n) is 7.54. The smallest absolute Gasteiger partial charge is 0.0702 e. The van der Waals surface area contributed by atoms with Gasteiger partial charge in [0.25, 0.3) is 0 Å². The largest absolute Gasteiger partial charge is 0.264 e. The van der Waals surface area contributed by atoms with Gasteiger partial charge >= 0.3 is 0 Å². The Morgan fingerprint density at radius 3 is 2.42 bits per heavy atom. The molecule has 0 radical (unpaired) electrons. The molecule has 2 heteroatoms. The summed E-state index contributed by atoms with van der Waals surface area (Å²) in [5, 5.41) is 3.69. The summed E-state index contributed by atoms with van der Waals surface area (Å²) in [5.74, 6) is 0.981. The number of hydrogen-bond donors (Lipinski definition) is 0. The molecule has 2 nitrogen and oxygen atoms in total. The quantitative estimate of drug-likeness (QED) is 0.438. The predicted molar refractivity (Wildman–Crippen MR) is 110 cm³/mol. The predicted octanol–water partition coefficient (Wildman–Crippen LogP) is 6.25. The van der Waals surface area contributed by atoms with Crippen LogP contribution in [0, 0.1) is 0 Å². The molecule has 4 rings (SSSR count). The van der Waals surface area contributed by atoms with Crippen LogP contribution in [0.5, 0.6) is 0 Å². The number of benzene rings is 2. The van der Waals surface area contributed by atoms with Crippen molar-refractivity contribution in [1.29, 1.82) is 0 Å². The molecule has 0 saturated heterocycles. The van der Waals surface area contributed by atoms with E-state index in [0.717, 1.165) is 11.9 Å². The highest BCUT2D eigenvalue weighted by atomic mass is 14.6. The van der Waals surface area contributed by atoms with Crippen molar-refractivity contribution in [2.45, 2.75) is 39.0 Å². The van der Waals surface area contributed by atoms with E-state index in [4.69, 9.17) is 0 Å². The molecule has 2 aromatic heterocycles. The monoisotopic (exact) mass is 340 g/mol. The van der Waals surface area contributed by atoms with Gasteiger partial charge in [-0.1, -0.05) is 45.0 Å². The molecule has 0 bridgehead atoms. The lowest BCUT2D eigenvalue weighted by Crippen LogP contribution is -1.99. The summed E-state index contributed by atoms with van der Waals surface area (Å²) in [6.45, 7) is 6.75. The Kier molecular flexibility index (Phi) is 4.42. The number of nitrogens with zero attached hydrogens (tertiary/aromatic N) is 2. The average molecular weight is 340 g/mol. The Morgan fingerprint density at radius 2 is 1.58 bits per heavy atom. The summed E-state index contributed by atoms with van der Waals surface area (Å²) >= 11 is 0. The molecule has 26 heavy (non-hydrogen) atoms. The van der Waals surface area contributed by atoms with E-state index in [2.05, 4.69) is 79.3 Å². The molecule has 2 heterocycles. The zero-order valence-electron chi connectivity index (χ0n) is 15.6. The number of hydrogen-bond acceptors (Lipinski definition) is 2. The van der Waals surface area contributed by atoms with Crippen LogP contribution in [0.15, 0.2) is 67.1 Å². The summed E-state index contributed by atoms with van der Waals surface area (Å²) in [6, 6.07) is 17.7. The molecule has 0 saturated carbocycles. The van der Waals surface area contributed by atoms with E-state index in [1.807, 2.05) is 18.6 Å². The first-order valence-corrected chi connectivity index (χ1v) is 9.32. The molecule has 0 amide bonds. The fourth-order valence-electron chi connectivity index (χ4n) is 3.55. The number of fused-ring (bicyclic) bond motifs is 2. The molecule has 0 aliphatic carbocycles. The Labute approximate surface area is 154 Å². The van der Waals surface area contributed by atoms with Crippen molar-refractivity contribution in [2.75, 3.05) is 0 Å². The lowest BCUT2D eigenvalue weighted by atomic mass is 9.92. The van der Waals surface area contributed by atoms with Gasteiger partial charge in [-0.05, 0) is 64.6 Å². The Bertz CT molecular complexity index is 1070. The van der Waals surface area contributed by atoms with Gasteiger partial charge in [0.05, 0.1) is 5.52 Å². The zero-order chi connectivity index (χ0) is 18.1. The first-order valence-electron chi connectivity index (χ1n) is 9.32. The second kappa shape index (κ2) is 6.87. The summed E-state index contributed by atoms with van der Waals surface area (Å²) in [6.07, 6.45) is 6.80. The average Bonchev–Trinajstić information content (AvgIpc) is 2.67. The van der Waals surface area contributed by atoms with E-state index < -0.39 is 0 Å². The van der Waals surface area contributed by atoms with Crippen LogP contribution in [0.1, 0.15) is 49.3 Å². The molecule has 1 atom stereocenters. The summed E-state index contributed by atoms with van der Waals surface area (Å²) in [4.78, 5) is 8.87. The van der Waals surface area contributed by atoms with Crippen LogP contribution in [-0.4, -0.2) is 9.97 Å². The summed E-state index contributed by atoms with van der Waals surface area (Å²) < 4.78 is 0. The van der Waals surface area contributed by atoms with E-state index in [-0.39, 0.29) is 0 Å². The maximum atomic E-state index is 4.67. The van der Waals surface area contributed by atoms with Gasteiger partial charge in [-0.15, -0.1) is 0 Å². The SMILES string of the molecule is CC(C)c1ccc2ncc(CC(C)c3ccc4cnccc4c3)cc2c1. The molecular formula is C24H24N2.